The van der Waals surface area contributed by atoms with Crippen LogP contribution in [0.4, 0.5) is 0 Å². The Hall–Kier alpha value is -1.83. The van der Waals surface area contributed by atoms with Crippen molar-refractivity contribution in [2.75, 3.05) is 13.7 Å². The zero-order chi connectivity index (χ0) is 18.1. The lowest BCUT2D eigenvalue weighted by Crippen LogP contribution is -2.41. The number of ether oxygens (including phenoxy) is 1. The van der Waals surface area contributed by atoms with Crippen LogP contribution in [0.5, 0.6) is 11.5 Å². The molecular weight excluding hydrogens is 309 g/mol. The Morgan fingerprint density at radius 1 is 1.29 bits per heavy atom. The summed E-state index contributed by atoms with van der Waals surface area (Å²) in [5.74, 6) is 0.154. The molecule has 0 amide bonds. The van der Waals surface area contributed by atoms with Crippen molar-refractivity contribution in [3.05, 3.63) is 28.7 Å². The standard InChI is InChI=1S/C17H24BNO5/c1-16(2)17(3,4)24-18(23-16)12(9-19)8-13-11(10-20)6-7-14(22-5)15(13)21/h6-8,10,21H,9,19H2,1-5H3. The number of phenolic OH excluding ortho intramolecular Hbond substituents is 1. The van der Waals surface area contributed by atoms with Gasteiger partial charge in [0.05, 0.1) is 18.3 Å². The molecule has 0 atom stereocenters. The van der Waals surface area contributed by atoms with Crippen LogP contribution in [0.25, 0.3) is 6.08 Å². The largest absolute Gasteiger partial charge is 0.504 e. The zero-order valence-electron chi connectivity index (χ0n) is 14.8. The Morgan fingerprint density at radius 2 is 1.88 bits per heavy atom. The minimum absolute atomic E-state index is 0.121. The average Bonchev–Trinajstić information content (AvgIpc) is 2.73. The van der Waals surface area contributed by atoms with Gasteiger partial charge in [0.25, 0.3) is 0 Å². The van der Waals surface area contributed by atoms with E-state index in [0.29, 0.717) is 22.9 Å². The van der Waals surface area contributed by atoms with E-state index in [4.69, 9.17) is 19.8 Å². The Morgan fingerprint density at radius 3 is 2.33 bits per heavy atom. The first-order chi connectivity index (χ1) is 11.2. The highest BCUT2D eigenvalue weighted by Crippen LogP contribution is 2.40. The fraction of sp³-hybridized carbons (Fsp3) is 0.471. The lowest BCUT2D eigenvalue weighted by atomic mass is 9.76. The van der Waals surface area contributed by atoms with Crippen LogP contribution in [-0.2, 0) is 9.31 Å². The number of methoxy groups -OCH3 is 1. The van der Waals surface area contributed by atoms with E-state index in [-0.39, 0.29) is 18.0 Å². The van der Waals surface area contributed by atoms with E-state index >= 15 is 0 Å². The van der Waals surface area contributed by atoms with Gasteiger partial charge in [0.2, 0.25) is 0 Å². The van der Waals surface area contributed by atoms with Gasteiger partial charge in [0.15, 0.2) is 17.8 Å². The highest BCUT2D eigenvalue weighted by molar-refractivity contribution is 6.56. The van der Waals surface area contributed by atoms with Crippen LogP contribution < -0.4 is 10.5 Å². The van der Waals surface area contributed by atoms with Gasteiger partial charge >= 0.3 is 7.12 Å². The molecule has 1 aliphatic rings. The number of aldehydes is 1. The van der Waals surface area contributed by atoms with Gasteiger partial charge in [-0.3, -0.25) is 4.79 Å². The molecule has 3 N–H and O–H groups in total. The predicted molar refractivity (Wildman–Crippen MR) is 93.2 cm³/mol. The van der Waals surface area contributed by atoms with Crippen LogP contribution in [0.3, 0.4) is 0 Å². The quantitative estimate of drug-likeness (QED) is 0.634. The number of hydrogen-bond donors (Lipinski definition) is 2. The zero-order valence-corrected chi connectivity index (χ0v) is 14.8. The molecule has 0 radical (unpaired) electrons. The number of rotatable bonds is 5. The molecule has 130 valence electrons. The van der Waals surface area contributed by atoms with Crippen molar-refractivity contribution < 1.29 is 23.9 Å². The molecule has 0 aliphatic carbocycles. The van der Waals surface area contributed by atoms with Crippen molar-refractivity contribution in [1.82, 2.24) is 0 Å². The molecule has 7 heteroatoms. The molecule has 1 saturated heterocycles. The fourth-order valence-electron chi connectivity index (χ4n) is 2.43. The van der Waals surface area contributed by atoms with Gasteiger partial charge < -0.3 is 24.9 Å². The summed E-state index contributed by atoms with van der Waals surface area (Å²) in [5.41, 5.74) is 6.14. The van der Waals surface area contributed by atoms with E-state index in [1.54, 1.807) is 12.1 Å². The minimum atomic E-state index is -0.648. The van der Waals surface area contributed by atoms with E-state index in [9.17, 15) is 9.90 Å². The molecule has 0 spiro atoms. The summed E-state index contributed by atoms with van der Waals surface area (Å²) in [6.45, 7) is 7.94. The lowest BCUT2D eigenvalue weighted by molar-refractivity contribution is 0.00578. The van der Waals surface area contributed by atoms with E-state index < -0.39 is 18.3 Å². The smallest absolute Gasteiger partial charge is 0.491 e. The third kappa shape index (κ3) is 3.20. The topological polar surface area (TPSA) is 91.0 Å². The minimum Gasteiger partial charge on any atom is -0.504 e. The summed E-state index contributed by atoms with van der Waals surface area (Å²) in [6.07, 6.45) is 2.30. The summed E-state index contributed by atoms with van der Waals surface area (Å²) < 4.78 is 17.1. The monoisotopic (exact) mass is 333 g/mol. The number of phenols is 1. The molecule has 1 aliphatic heterocycles. The molecule has 1 heterocycles. The van der Waals surface area contributed by atoms with E-state index in [1.165, 1.54) is 13.2 Å². The summed E-state index contributed by atoms with van der Waals surface area (Å²) in [4.78, 5) is 11.3. The maximum absolute atomic E-state index is 11.3. The molecule has 1 aromatic carbocycles. The number of hydrogen-bond acceptors (Lipinski definition) is 6. The van der Waals surface area contributed by atoms with Crippen molar-refractivity contribution in [2.24, 2.45) is 5.73 Å². The second kappa shape index (κ2) is 6.59. The highest BCUT2D eigenvalue weighted by atomic mass is 16.7. The fourth-order valence-corrected chi connectivity index (χ4v) is 2.43. The second-order valence-electron chi connectivity index (χ2n) is 6.75. The molecule has 1 fully saturated rings. The van der Waals surface area contributed by atoms with Crippen molar-refractivity contribution in [3.8, 4) is 11.5 Å². The highest BCUT2D eigenvalue weighted by Gasteiger charge is 2.52. The van der Waals surface area contributed by atoms with Crippen LogP contribution in [0, 0.1) is 0 Å². The Balaban J connectivity index is 2.47. The summed E-state index contributed by atoms with van der Waals surface area (Å²) in [7, 11) is 0.798. The van der Waals surface area contributed by atoms with E-state index in [0.717, 1.165) is 0 Å². The maximum Gasteiger partial charge on any atom is 0.491 e. The normalized spacial score (nSPS) is 19.4. The molecule has 0 unspecified atom stereocenters. The van der Waals surface area contributed by atoms with Crippen LogP contribution in [-0.4, -0.2) is 43.4 Å². The summed E-state index contributed by atoms with van der Waals surface area (Å²) in [5, 5.41) is 10.3. The molecule has 6 nitrogen and oxygen atoms in total. The first-order valence-electron chi connectivity index (χ1n) is 7.78. The van der Waals surface area contributed by atoms with Crippen molar-refractivity contribution in [2.45, 2.75) is 38.9 Å². The van der Waals surface area contributed by atoms with Crippen LogP contribution in [0.2, 0.25) is 0 Å². The molecule has 1 aromatic rings. The third-order valence-electron chi connectivity index (χ3n) is 4.68. The molecule has 2 rings (SSSR count). The SMILES string of the molecule is COc1ccc(C=O)c(C=C(CN)B2OC(C)(C)C(C)(C)O2)c1O. The average molecular weight is 333 g/mol. The van der Waals surface area contributed by atoms with Gasteiger partial charge in [-0.15, -0.1) is 0 Å². The Labute approximate surface area is 142 Å². The van der Waals surface area contributed by atoms with Crippen molar-refractivity contribution in [3.63, 3.8) is 0 Å². The number of carbonyl (C=O) groups excluding carboxylic acids is 1. The van der Waals surface area contributed by atoms with Crippen LogP contribution in [0.15, 0.2) is 17.6 Å². The van der Waals surface area contributed by atoms with Gasteiger partial charge in [0.1, 0.15) is 0 Å². The van der Waals surface area contributed by atoms with Crippen molar-refractivity contribution in [1.29, 1.82) is 0 Å². The maximum atomic E-state index is 11.3. The number of carbonyl (C=O) groups is 1. The van der Waals surface area contributed by atoms with Gasteiger partial charge in [-0.1, -0.05) is 6.08 Å². The van der Waals surface area contributed by atoms with Gasteiger partial charge in [-0.25, -0.2) is 0 Å². The third-order valence-corrected chi connectivity index (χ3v) is 4.68. The number of aromatic hydroxyl groups is 1. The number of nitrogens with two attached hydrogens (primary N) is 1. The summed E-state index contributed by atoms with van der Waals surface area (Å²) in [6, 6.07) is 3.11. The molecule has 0 bridgehead atoms. The lowest BCUT2D eigenvalue weighted by Gasteiger charge is -2.32. The summed E-state index contributed by atoms with van der Waals surface area (Å²) >= 11 is 0. The molecule has 24 heavy (non-hydrogen) atoms. The van der Waals surface area contributed by atoms with Crippen LogP contribution >= 0.6 is 0 Å². The first kappa shape index (κ1) is 18.5. The van der Waals surface area contributed by atoms with E-state index in [2.05, 4.69) is 0 Å². The molecular formula is C17H24BNO5. The Kier molecular flexibility index (Phi) is 5.08. The van der Waals surface area contributed by atoms with Crippen molar-refractivity contribution >= 4 is 19.5 Å². The van der Waals surface area contributed by atoms with Gasteiger partial charge in [0, 0.05) is 17.7 Å². The van der Waals surface area contributed by atoms with Gasteiger partial charge in [-0.05, 0) is 45.3 Å². The first-order valence-corrected chi connectivity index (χ1v) is 7.78. The predicted octanol–water partition coefficient (Wildman–Crippen LogP) is 2.19. The van der Waals surface area contributed by atoms with Crippen LogP contribution in [0.1, 0.15) is 43.6 Å². The number of benzene rings is 1. The molecule has 0 aromatic heterocycles. The molecule has 0 saturated carbocycles. The van der Waals surface area contributed by atoms with E-state index in [1.807, 2.05) is 27.7 Å². The second-order valence-corrected chi connectivity index (χ2v) is 6.75. The Bertz CT molecular complexity index is 653. The van der Waals surface area contributed by atoms with Gasteiger partial charge in [-0.2, -0.15) is 0 Å².